The van der Waals surface area contributed by atoms with Gasteiger partial charge in [-0.15, -0.1) is 0 Å². The number of halogens is 2. The van der Waals surface area contributed by atoms with Gasteiger partial charge in [0.05, 0.1) is 5.69 Å². The minimum Gasteiger partial charge on any atom is -0.395 e. The Hall–Kier alpha value is -3.50. The average Bonchev–Trinajstić information content (AvgIpc) is 3.50. The summed E-state index contributed by atoms with van der Waals surface area (Å²) >= 11 is 7.12. The minimum atomic E-state index is -1.13. The highest BCUT2D eigenvalue weighted by molar-refractivity contribution is 7.09. The van der Waals surface area contributed by atoms with E-state index >= 15 is 0 Å². The highest BCUT2D eigenvalue weighted by atomic mass is 35.5. The molecule has 0 radical (unpaired) electrons. The van der Waals surface area contributed by atoms with Crippen molar-refractivity contribution in [3.63, 3.8) is 0 Å². The van der Waals surface area contributed by atoms with Crippen LogP contribution >= 0.6 is 23.1 Å². The third-order valence-corrected chi connectivity index (χ3v) is 7.38. The maximum atomic E-state index is 13.9. The first-order chi connectivity index (χ1) is 17.3. The summed E-state index contributed by atoms with van der Waals surface area (Å²) in [5.74, 6) is -2.38. The lowest BCUT2D eigenvalue weighted by atomic mass is 10.0. The van der Waals surface area contributed by atoms with E-state index in [9.17, 15) is 18.8 Å². The first-order valence-electron chi connectivity index (χ1n) is 11.4. The lowest BCUT2D eigenvalue weighted by Crippen LogP contribution is -2.46. The van der Waals surface area contributed by atoms with Gasteiger partial charge in [-0.2, -0.15) is 4.37 Å². The summed E-state index contributed by atoms with van der Waals surface area (Å²) in [6.07, 6.45) is 3.68. The molecule has 1 unspecified atom stereocenters. The van der Waals surface area contributed by atoms with Gasteiger partial charge >= 0.3 is 0 Å². The standard InChI is InChI=1S/C25H25ClFN5O3S/c26-18-8-4-1-5-15(18)13-32(25(35)22-19(28)20(23(29)33)31-36-22)21(14-9-11-16(27)12-10-14)24(34)30-17-6-2-3-7-17/h1,4-5,8-12,17,21H,2-3,6-7,13,28H2,(H2,29,33)(H,30,34). The van der Waals surface area contributed by atoms with Gasteiger partial charge < -0.3 is 21.7 Å². The molecule has 1 atom stereocenters. The Morgan fingerprint density at radius 1 is 1.14 bits per heavy atom. The van der Waals surface area contributed by atoms with E-state index in [1.807, 2.05) is 0 Å². The van der Waals surface area contributed by atoms with E-state index in [1.165, 1.54) is 29.2 Å². The van der Waals surface area contributed by atoms with Gasteiger partial charge in [0.25, 0.3) is 11.8 Å². The second-order valence-electron chi connectivity index (χ2n) is 8.61. The van der Waals surface area contributed by atoms with Crippen LogP contribution in [0, 0.1) is 5.82 Å². The van der Waals surface area contributed by atoms with Gasteiger partial charge in [0, 0.05) is 17.6 Å². The molecule has 8 nitrogen and oxygen atoms in total. The van der Waals surface area contributed by atoms with E-state index in [4.69, 9.17) is 23.1 Å². The third kappa shape index (κ3) is 5.50. The summed E-state index contributed by atoms with van der Waals surface area (Å²) in [6.45, 7) is -0.0537. The molecule has 1 aromatic heterocycles. The molecule has 2 aromatic carbocycles. The van der Waals surface area contributed by atoms with Gasteiger partial charge in [0.1, 0.15) is 16.7 Å². The molecule has 0 aliphatic heterocycles. The topological polar surface area (TPSA) is 131 Å². The second kappa shape index (κ2) is 11.0. The normalized spacial score (nSPS) is 14.4. The Morgan fingerprint density at radius 3 is 2.42 bits per heavy atom. The summed E-state index contributed by atoms with van der Waals surface area (Å²) in [4.78, 5) is 40.6. The summed E-state index contributed by atoms with van der Waals surface area (Å²) < 4.78 is 17.7. The predicted octanol–water partition coefficient (Wildman–Crippen LogP) is 4.06. The van der Waals surface area contributed by atoms with E-state index in [-0.39, 0.29) is 28.8 Å². The first kappa shape index (κ1) is 25.6. The van der Waals surface area contributed by atoms with Gasteiger partial charge in [-0.25, -0.2) is 4.39 Å². The van der Waals surface area contributed by atoms with Crippen molar-refractivity contribution in [1.29, 1.82) is 0 Å². The molecule has 0 bridgehead atoms. The molecule has 4 rings (SSSR count). The largest absolute Gasteiger partial charge is 0.395 e. The number of hydrogen-bond donors (Lipinski definition) is 3. The van der Waals surface area contributed by atoms with Crippen LogP contribution in [0.25, 0.3) is 0 Å². The van der Waals surface area contributed by atoms with Crippen LogP contribution in [-0.4, -0.2) is 33.0 Å². The second-order valence-corrected chi connectivity index (χ2v) is 9.79. The van der Waals surface area contributed by atoms with Gasteiger partial charge in [0.2, 0.25) is 5.91 Å². The number of nitrogen functional groups attached to an aromatic ring is 1. The molecule has 0 spiro atoms. The zero-order valence-corrected chi connectivity index (χ0v) is 20.8. The van der Waals surface area contributed by atoms with Gasteiger partial charge in [-0.05, 0) is 53.7 Å². The van der Waals surface area contributed by atoms with E-state index < -0.39 is 29.6 Å². The molecule has 36 heavy (non-hydrogen) atoms. The number of rotatable bonds is 8. The molecular formula is C25H25ClFN5O3S. The van der Waals surface area contributed by atoms with Crippen molar-refractivity contribution in [3.8, 4) is 0 Å². The summed E-state index contributed by atoms with van der Waals surface area (Å²) in [7, 11) is 0. The van der Waals surface area contributed by atoms with Crippen LogP contribution in [-0.2, 0) is 11.3 Å². The van der Waals surface area contributed by atoms with Crippen molar-refractivity contribution < 1.29 is 18.8 Å². The molecular weight excluding hydrogens is 505 g/mol. The Kier molecular flexibility index (Phi) is 7.85. The Bertz CT molecular complexity index is 1280. The van der Waals surface area contributed by atoms with Crippen LogP contribution in [0.15, 0.2) is 48.5 Å². The fourth-order valence-corrected chi connectivity index (χ4v) is 5.28. The molecule has 1 aliphatic carbocycles. The average molecular weight is 530 g/mol. The highest BCUT2D eigenvalue weighted by Gasteiger charge is 2.36. The number of hydrogen-bond acceptors (Lipinski definition) is 6. The summed E-state index contributed by atoms with van der Waals surface area (Å²) in [5, 5.41) is 3.44. The molecule has 5 N–H and O–H groups in total. The Labute approximate surface area is 216 Å². The number of carbonyl (C=O) groups excluding carboxylic acids is 3. The van der Waals surface area contributed by atoms with E-state index in [1.54, 1.807) is 24.3 Å². The van der Waals surface area contributed by atoms with Crippen LogP contribution in [0.5, 0.6) is 0 Å². The molecule has 1 fully saturated rings. The van der Waals surface area contributed by atoms with E-state index in [2.05, 4.69) is 9.69 Å². The van der Waals surface area contributed by atoms with Gasteiger partial charge in [-0.1, -0.05) is 54.8 Å². The lowest BCUT2D eigenvalue weighted by Gasteiger charge is -2.32. The molecule has 188 valence electrons. The quantitative estimate of drug-likeness (QED) is 0.405. The zero-order valence-electron chi connectivity index (χ0n) is 19.2. The molecule has 1 aliphatic rings. The number of nitrogens with two attached hydrogens (primary N) is 2. The van der Waals surface area contributed by atoms with E-state index in [0.717, 1.165) is 37.2 Å². The minimum absolute atomic E-state index is 0.0207. The number of anilines is 1. The molecule has 0 saturated heterocycles. The number of aromatic nitrogens is 1. The maximum absolute atomic E-state index is 13.9. The first-order valence-corrected chi connectivity index (χ1v) is 12.6. The highest BCUT2D eigenvalue weighted by Crippen LogP contribution is 2.32. The number of carbonyl (C=O) groups is 3. The van der Waals surface area contributed by atoms with Crippen LogP contribution in [0.4, 0.5) is 10.1 Å². The van der Waals surface area contributed by atoms with Crippen molar-refractivity contribution >= 4 is 46.5 Å². The van der Waals surface area contributed by atoms with Crippen LogP contribution in [0.3, 0.4) is 0 Å². The maximum Gasteiger partial charge on any atom is 0.270 e. The summed E-state index contributed by atoms with van der Waals surface area (Å²) in [6, 6.07) is 11.2. The van der Waals surface area contributed by atoms with Gasteiger partial charge in [0.15, 0.2) is 5.69 Å². The van der Waals surface area contributed by atoms with Crippen molar-refractivity contribution in [1.82, 2.24) is 14.6 Å². The lowest BCUT2D eigenvalue weighted by molar-refractivity contribution is -0.126. The smallest absolute Gasteiger partial charge is 0.270 e. The third-order valence-electron chi connectivity index (χ3n) is 6.16. The molecule has 1 heterocycles. The number of nitrogens with zero attached hydrogens (tertiary/aromatic N) is 2. The Morgan fingerprint density at radius 2 is 1.81 bits per heavy atom. The predicted molar refractivity (Wildman–Crippen MR) is 136 cm³/mol. The number of primary amides is 1. The number of nitrogens with one attached hydrogen (secondary N) is 1. The monoisotopic (exact) mass is 529 g/mol. The van der Waals surface area contributed by atoms with E-state index in [0.29, 0.717) is 16.1 Å². The zero-order chi connectivity index (χ0) is 25.8. The molecule has 3 amide bonds. The van der Waals surface area contributed by atoms with Crippen LogP contribution in [0.1, 0.15) is 63.0 Å². The fourth-order valence-electron chi connectivity index (χ4n) is 4.32. The van der Waals surface area contributed by atoms with Crippen molar-refractivity contribution in [2.24, 2.45) is 5.73 Å². The molecule has 11 heteroatoms. The fraction of sp³-hybridized carbons (Fsp3) is 0.280. The molecule has 3 aromatic rings. The SMILES string of the molecule is NC(=O)c1nsc(C(=O)N(Cc2ccccc2Cl)C(C(=O)NC2CCCC2)c2ccc(F)cc2)c1N. The van der Waals surface area contributed by atoms with Crippen molar-refractivity contribution in [2.45, 2.75) is 44.3 Å². The van der Waals surface area contributed by atoms with Gasteiger partial charge in [-0.3, -0.25) is 14.4 Å². The number of amides is 3. The van der Waals surface area contributed by atoms with Crippen LogP contribution < -0.4 is 16.8 Å². The molecule has 1 saturated carbocycles. The van der Waals surface area contributed by atoms with Crippen molar-refractivity contribution in [3.05, 3.63) is 81.1 Å². The van der Waals surface area contributed by atoms with Crippen LogP contribution in [0.2, 0.25) is 5.02 Å². The summed E-state index contributed by atoms with van der Waals surface area (Å²) in [5.41, 5.74) is 12.0. The Balaban J connectivity index is 1.81. The number of benzene rings is 2. The van der Waals surface area contributed by atoms with Crippen molar-refractivity contribution in [2.75, 3.05) is 5.73 Å².